The van der Waals surface area contributed by atoms with E-state index in [-0.39, 0.29) is 11.1 Å². The van der Waals surface area contributed by atoms with Crippen molar-refractivity contribution >= 4 is 0 Å². The minimum atomic E-state index is -0.288. The Bertz CT molecular complexity index is 331. The maximum atomic E-state index is 10.2. The minimum absolute atomic E-state index is 0.195. The van der Waals surface area contributed by atoms with E-state index in [1.54, 1.807) is 0 Å². The molecule has 1 saturated heterocycles. The number of rotatable bonds is 2. The quantitative estimate of drug-likeness (QED) is 0.764. The maximum Gasteiger partial charge on any atom is 0.0594 e. The lowest BCUT2D eigenvalue weighted by Gasteiger charge is -2.47. The fourth-order valence-electron chi connectivity index (χ4n) is 3.17. The zero-order chi connectivity index (χ0) is 13.4. The highest BCUT2D eigenvalue weighted by Gasteiger charge is 2.40. The zero-order valence-corrected chi connectivity index (χ0v) is 12.1. The summed E-state index contributed by atoms with van der Waals surface area (Å²) >= 11 is 0. The molecule has 1 fully saturated rings. The Morgan fingerprint density at radius 3 is 2.39 bits per heavy atom. The van der Waals surface area contributed by atoms with E-state index < -0.39 is 0 Å². The lowest BCUT2D eigenvalue weighted by Crippen LogP contribution is -2.56. The van der Waals surface area contributed by atoms with Crippen molar-refractivity contribution in [3.05, 3.63) is 11.6 Å². The van der Waals surface area contributed by atoms with Crippen molar-refractivity contribution in [2.75, 3.05) is 32.8 Å². The molecule has 0 saturated carbocycles. The molecular formula is C14H26N2O2. The number of hydroxylamine groups is 2. The highest BCUT2D eigenvalue weighted by molar-refractivity contribution is 5.21. The predicted molar refractivity (Wildman–Crippen MR) is 71.7 cm³/mol. The number of hydrogen-bond acceptors (Lipinski definition) is 4. The van der Waals surface area contributed by atoms with Gasteiger partial charge < -0.3 is 9.94 Å². The normalized spacial score (nSPS) is 29.1. The molecule has 2 heterocycles. The van der Waals surface area contributed by atoms with Crippen LogP contribution in [-0.4, -0.2) is 59.1 Å². The van der Waals surface area contributed by atoms with E-state index in [4.69, 9.17) is 4.74 Å². The monoisotopic (exact) mass is 254 g/mol. The molecule has 0 spiro atoms. The molecule has 2 rings (SSSR count). The summed E-state index contributed by atoms with van der Waals surface area (Å²) in [6.45, 7) is 13.0. The predicted octanol–water partition coefficient (Wildman–Crippen LogP) is 1.90. The summed E-state index contributed by atoms with van der Waals surface area (Å²) in [5, 5.41) is 11.7. The molecule has 1 N–H and O–H groups in total. The highest BCUT2D eigenvalue weighted by Crippen LogP contribution is 2.35. The van der Waals surface area contributed by atoms with E-state index in [2.05, 4.69) is 38.7 Å². The molecule has 0 atom stereocenters. The lowest BCUT2D eigenvalue weighted by molar-refractivity contribution is -0.214. The fraction of sp³-hybridized carbons (Fsp3) is 0.857. The van der Waals surface area contributed by atoms with Gasteiger partial charge >= 0.3 is 0 Å². The molecule has 4 heteroatoms. The van der Waals surface area contributed by atoms with Gasteiger partial charge in [-0.25, -0.2) is 0 Å². The fourth-order valence-corrected chi connectivity index (χ4v) is 3.17. The van der Waals surface area contributed by atoms with Gasteiger partial charge in [-0.05, 0) is 34.1 Å². The first kappa shape index (κ1) is 14.0. The van der Waals surface area contributed by atoms with Crippen LogP contribution < -0.4 is 0 Å². The Morgan fingerprint density at radius 2 is 1.83 bits per heavy atom. The maximum absolute atomic E-state index is 10.2. The van der Waals surface area contributed by atoms with E-state index >= 15 is 0 Å². The molecule has 0 aromatic rings. The number of hydrogen-bond donors (Lipinski definition) is 1. The first-order valence-corrected chi connectivity index (χ1v) is 6.81. The summed E-state index contributed by atoms with van der Waals surface area (Å²) in [5.41, 5.74) is 0.945. The summed E-state index contributed by atoms with van der Waals surface area (Å²) in [5.74, 6) is 0. The zero-order valence-electron chi connectivity index (χ0n) is 12.1. The van der Waals surface area contributed by atoms with Gasteiger partial charge in [-0.15, -0.1) is 0 Å². The van der Waals surface area contributed by atoms with Crippen molar-refractivity contribution in [1.29, 1.82) is 0 Å². The van der Waals surface area contributed by atoms with Crippen LogP contribution in [-0.2, 0) is 4.74 Å². The van der Waals surface area contributed by atoms with E-state index in [9.17, 15) is 5.21 Å². The van der Waals surface area contributed by atoms with E-state index in [0.717, 1.165) is 39.3 Å². The topological polar surface area (TPSA) is 35.9 Å². The second-order valence-electron chi connectivity index (χ2n) is 6.65. The minimum Gasteiger partial charge on any atom is -0.379 e. The third-order valence-electron chi connectivity index (χ3n) is 3.87. The van der Waals surface area contributed by atoms with Gasteiger partial charge in [0.1, 0.15) is 0 Å². The van der Waals surface area contributed by atoms with Crippen LogP contribution in [0.2, 0.25) is 0 Å². The summed E-state index contributed by atoms with van der Waals surface area (Å²) in [7, 11) is 0. The average Bonchev–Trinajstić information content (AvgIpc) is 2.26. The third kappa shape index (κ3) is 2.94. The second kappa shape index (κ2) is 4.93. The molecule has 0 aliphatic carbocycles. The highest BCUT2D eigenvalue weighted by atomic mass is 16.5. The first-order chi connectivity index (χ1) is 8.31. The van der Waals surface area contributed by atoms with Gasteiger partial charge in [-0.1, -0.05) is 11.6 Å². The Kier molecular flexibility index (Phi) is 3.83. The van der Waals surface area contributed by atoms with Crippen molar-refractivity contribution in [2.24, 2.45) is 0 Å². The Morgan fingerprint density at radius 1 is 1.22 bits per heavy atom. The van der Waals surface area contributed by atoms with Crippen LogP contribution in [0.3, 0.4) is 0 Å². The molecule has 2 aliphatic heterocycles. The van der Waals surface area contributed by atoms with Crippen LogP contribution in [0.15, 0.2) is 11.6 Å². The molecule has 0 aromatic heterocycles. The molecule has 4 nitrogen and oxygen atoms in total. The van der Waals surface area contributed by atoms with Gasteiger partial charge in [-0.3, -0.25) is 4.90 Å². The molecule has 0 aromatic carbocycles. The van der Waals surface area contributed by atoms with Crippen molar-refractivity contribution in [3.63, 3.8) is 0 Å². The Balaban J connectivity index is 2.08. The van der Waals surface area contributed by atoms with Crippen LogP contribution in [0, 0.1) is 0 Å². The summed E-state index contributed by atoms with van der Waals surface area (Å²) in [4.78, 5) is 2.44. The summed E-state index contributed by atoms with van der Waals surface area (Å²) < 4.78 is 5.38. The third-order valence-corrected chi connectivity index (χ3v) is 3.87. The van der Waals surface area contributed by atoms with Crippen LogP contribution in [0.25, 0.3) is 0 Å². The van der Waals surface area contributed by atoms with Crippen molar-refractivity contribution < 1.29 is 9.94 Å². The Labute approximate surface area is 110 Å². The van der Waals surface area contributed by atoms with Gasteiger partial charge in [0.15, 0.2) is 0 Å². The van der Waals surface area contributed by atoms with Crippen LogP contribution >= 0.6 is 0 Å². The smallest absolute Gasteiger partial charge is 0.0594 e. The summed E-state index contributed by atoms with van der Waals surface area (Å²) in [6.07, 6.45) is 3.14. The van der Waals surface area contributed by atoms with Crippen molar-refractivity contribution in [1.82, 2.24) is 9.96 Å². The van der Waals surface area contributed by atoms with E-state index in [1.807, 2.05) is 0 Å². The number of nitrogens with zero attached hydrogens (tertiary/aromatic N) is 2. The SMILES string of the molecule is CC1(C)C=C(CN2CCOCC2)CC(C)(C)N1O. The molecule has 2 aliphatic rings. The van der Waals surface area contributed by atoms with Gasteiger partial charge in [0.05, 0.1) is 18.8 Å². The van der Waals surface area contributed by atoms with Gasteiger partial charge in [0.25, 0.3) is 0 Å². The van der Waals surface area contributed by atoms with Gasteiger partial charge in [-0.2, -0.15) is 5.06 Å². The van der Waals surface area contributed by atoms with Gasteiger partial charge in [0.2, 0.25) is 0 Å². The lowest BCUT2D eigenvalue weighted by atomic mass is 9.82. The molecule has 104 valence electrons. The number of ether oxygens (including phenoxy) is 1. The average molecular weight is 254 g/mol. The molecule has 0 bridgehead atoms. The van der Waals surface area contributed by atoms with Crippen molar-refractivity contribution in [3.8, 4) is 0 Å². The molecule has 18 heavy (non-hydrogen) atoms. The van der Waals surface area contributed by atoms with Crippen molar-refractivity contribution in [2.45, 2.75) is 45.2 Å². The second-order valence-corrected chi connectivity index (χ2v) is 6.65. The summed E-state index contributed by atoms with van der Waals surface area (Å²) in [6, 6.07) is 0. The van der Waals surface area contributed by atoms with Gasteiger partial charge in [0, 0.05) is 25.2 Å². The molecule has 0 radical (unpaired) electrons. The largest absolute Gasteiger partial charge is 0.379 e. The van der Waals surface area contributed by atoms with Crippen LogP contribution in [0.4, 0.5) is 0 Å². The standard InChI is InChI=1S/C14H26N2O2/c1-13(2)9-12(10-14(3,4)16(13)17)11-15-5-7-18-8-6-15/h9,17H,5-8,10-11H2,1-4H3. The molecule has 0 amide bonds. The molecular weight excluding hydrogens is 228 g/mol. The van der Waals surface area contributed by atoms with Crippen LogP contribution in [0.5, 0.6) is 0 Å². The van der Waals surface area contributed by atoms with E-state index in [0.29, 0.717) is 0 Å². The first-order valence-electron chi connectivity index (χ1n) is 6.81. The van der Waals surface area contributed by atoms with Crippen LogP contribution in [0.1, 0.15) is 34.1 Å². The van der Waals surface area contributed by atoms with E-state index in [1.165, 1.54) is 10.6 Å². The molecule has 0 unspecified atom stereocenters. The Hall–Kier alpha value is -0.420. The number of morpholine rings is 1.